The summed E-state index contributed by atoms with van der Waals surface area (Å²) in [6.45, 7) is 0. The molecule has 1 saturated heterocycles. The summed E-state index contributed by atoms with van der Waals surface area (Å²) in [6, 6.07) is 9.72. The van der Waals surface area contributed by atoms with Gasteiger partial charge in [-0.1, -0.05) is 12.1 Å². The molecule has 76 valence electrons. The summed E-state index contributed by atoms with van der Waals surface area (Å²) in [7, 11) is 1.83. The lowest BCUT2D eigenvalue weighted by Gasteiger charge is -2.19. The van der Waals surface area contributed by atoms with Crippen molar-refractivity contribution in [1.29, 1.82) is 5.26 Å². The van der Waals surface area contributed by atoms with Gasteiger partial charge in [-0.3, -0.25) is 4.79 Å². The quantitative estimate of drug-likeness (QED) is 0.694. The van der Waals surface area contributed by atoms with Crippen molar-refractivity contribution in [3.05, 3.63) is 35.4 Å². The third-order valence-electron chi connectivity index (χ3n) is 2.92. The van der Waals surface area contributed by atoms with Gasteiger partial charge in [0.25, 0.3) is 0 Å². The highest BCUT2D eigenvalue weighted by Crippen LogP contribution is 2.31. The summed E-state index contributed by atoms with van der Waals surface area (Å²) in [5, 5.41) is 8.67. The van der Waals surface area contributed by atoms with E-state index in [0.29, 0.717) is 12.0 Å². The van der Waals surface area contributed by atoms with Crippen LogP contribution in [-0.4, -0.2) is 17.9 Å². The van der Waals surface area contributed by atoms with Crippen LogP contribution in [0.4, 0.5) is 0 Å². The van der Waals surface area contributed by atoms with Gasteiger partial charge < -0.3 is 4.90 Å². The number of carbonyl (C=O) groups excluding carboxylic acids is 1. The van der Waals surface area contributed by atoms with E-state index >= 15 is 0 Å². The molecule has 0 spiro atoms. The lowest BCUT2D eigenvalue weighted by molar-refractivity contribution is -0.127. The Balaban J connectivity index is 2.24. The van der Waals surface area contributed by atoms with Gasteiger partial charge in [-0.15, -0.1) is 0 Å². The normalized spacial score (nSPS) is 20.4. The fourth-order valence-corrected chi connectivity index (χ4v) is 1.97. The maximum atomic E-state index is 11.4. The Kier molecular flexibility index (Phi) is 2.42. The lowest BCUT2D eigenvalue weighted by Crippen LogP contribution is -2.22. The molecular weight excluding hydrogens is 188 g/mol. The topological polar surface area (TPSA) is 44.1 Å². The molecule has 1 atom stereocenters. The molecule has 0 N–H and O–H groups in total. The summed E-state index contributed by atoms with van der Waals surface area (Å²) < 4.78 is 0. The second kappa shape index (κ2) is 3.74. The number of rotatable bonds is 1. The van der Waals surface area contributed by atoms with E-state index in [9.17, 15) is 4.79 Å². The van der Waals surface area contributed by atoms with E-state index < -0.39 is 0 Å². The van der Waals surface area contributed by atoms with E-state index in [4.69, 9.17) is 5.26 Å². The van der Waals surface area contributed by atoms with Crippen molar-refractivity contribution in [3.63, 3.8) is 0 Å². The van der Waals surface area contributed by atoms with E-state index in [-0.39, 0.29) is 11.9 Å². The van der Waals surface area contributed by atoms with Crippen molar-refractivity contribution >= 4 is 5.91 Å². The van der Waals surface area contributed by atoms with Gasteiger partial charge in [0.05, 0.1) is 17.7 Å². The number of hydrogen-bond donors (Lipinski definition) is 0. The predicted octanol–water partition coefficient (Wildman–Crippen LogP) is 1.85. The predicted molar refractivity (Wildman–Crippen MR) is 55.9 cm³/mol. The molecule has 15 heavy (non-hydrogen) atoms. The Hall–Kier alpha value is -1.82. The Bertz CT molecular complexity index is 416. The highest BCUT2D eigenvalue weighted by atomic mass is 16.2. The molecular formula is C12H12N2O. The van der Waals surface area contributed by atoms with Crippen molar-refractivity contribution < 1.29 is 4.79 Å². The largest absolute Gasteiger partial charge is 0.339 e. The molecule has 0 aliphatic carbocycles. The van der Waals surface area contributed by atoms with Crippen LogP contribution in [0.2, 0.25) is 0 Å². The monoisotopic (exact) mass is 200 g/mol. The van der Waals surface area contributed by atoms with Crippen LogP contribution in [0, 0.1) is 11.3 Å². The van der Waals surface area contributed by atoms with Gasteiger partial charge in [0.1, 0.15) is 0 Å². The van der Waals surface area contributed by atoms with Crippen molar-refractivity contribution in [1.82, 2.24) is 4.90 Å². The molecule has 3 nitrogen and oxygen atoms in total. The average Bonchev–Trinajstić information content (AvgIpc) is 2.60. The SMILES string of the molecule is CN1C(=O)CCC1c1ccc(C#N)cc1. The smallest absolute Gasteiger partial charge is 0.222 e. The third-order valence-corrected chi connectivity index (χ3v) is 2.92. The average molecular weight is 200 g/mol. The summed E-state index contributed by atoms with van der Waals surface area (Å²) in [4.78, 5) is 13.1. The van der Waals surface area contributed by atoms with E-state index in [1.54, 1.807) is 17.0 Å². The Morgan fingerprint density at radius 2 is 2.07 bits per heavy atom. The molecule has 3 heteroatoms. The molecule has 1 heterocycles. The zero-order chi connectivity index (χ0) is 10.8. The van der Waals surface area contributed by atoms with Crippen molar-refractivity contribution in [2.24, 2.45) is 0 Å². The molecule has 2 rings (SSSR count). The second-order valence-corrected chi connectivity index (χ2v) is 3.79. The van der Waals surface area contributed by atoms with Crippen LogP contribution in [0.15, 0.2) is 24.3 Å². The molecule has 1 amide bonds. The molecule has 1 aliphatic rings. The fraction of sp³-hybridized carbons (Fsp3) is 0.333. The molecule has 1 aromatic carbocycles. The minimum absolute atomic E-state index is 0.185. The number of carbonyl (C=O) groups is 1. The van der Waals surface area contributed by atoms with E-state index in [2.05, 4.69) is 6.07 Å². The first-order valence-electron chi connectivity index (χ1n) is 4.98. The van der Waals surface area contributed by atoms with Gasteiger partial charge in [0, 0.05) is 13.5 Å². The van der Waals surface area contributed by atoms with Gasteiger partial charge in [-0.2, -0.15) is 5.26 Å². The molecule has 0 saturated carbocycles. The van der Waals surface area contributed by atoms with Gasteiger partial charge >= 0.3 is 0 Å². The van der Waals surface area contributed by atoms with Crippen molar-refractivity contribution in [3.8, 4) is 6.07 Å². The molecule has 0 bridgehead atoms. The highest BCUT2D eigenvalue weighted by Gasteiger charge is 2.28. The first-order chi connectivity index (χ1) is 7.22. The van der Waals surface area contributed by atoms with Gasteiger partial charge in [0.15, 0.2) is 0 Å². The number of nitrogens with zero attached hydrogens (tertiary/aromatic N) is 2. The number of amides is 1. The summed E-state index contributed by atoms with van der Waals surface area (Å²) in [6.07, 6.45) is 1.50. The van der Waals surface area contributed by atoms with Crippen LogP contribution < -0.4 is 0 Å². The van der Waals surface area contributed by atoms with Gasteiger partial charge in [-0.25, -0.2) is 0 Å². The maximum Gasteiger partial charge on any atom is 0.222 e. The minimum Gasteiger partial charge on any atom is -0.339 e. The van der Waals surface area contributed by atoms with E-state index in [0.717, 1.165) is 12.0 Å². The number of nitriles is 1. The summed E-state index contributed by atoms with van der Waals surface area (Å²) in [5.74, 6) is 0.198. The van der Waals surface area contributed by atoms with Crippen LogP contribution >= 0.6 is 0 Å². The molecule has 0 aromatic heterocycles. The Morgan fingerprint density at radius 1 is 1.40 bits per heavy atom. The van der Waals surface area contributed by atoms with Crippen LogP contribution in [-0.2, 0) is 4.79 Å². The standard InChI is InChI=1S/C12H12N2O/c1-14-11(6-7-12(14)15)10-4-2-9(8-13)3-5-10/h2-5,11H,6-7H2,1H3. The number of likely N-dealkylation sites (tertiary alicyclic amines) is 1. The second-order valence-electron chi connectivity index (χ2n) is 3.79. The summed E-state index contributed by atoms with van der Waals surface area (Å²) in [5.41, 5.74) is 1.77. The van der Waals surface area contributed by atoms with Crippen LogP contribution in [0.25, 0.3) is 0 Å². The molecule has 1 aliphatic heterocycles. The fourth-order valence-electron chi connectivity index (χ4n) is 1.97. The van der Waals surface area contributed by atoms with Crippen LogP contribution in [0.3, 0.4) is 0 Å². The van der Waals surface area contributed by atoms with Crippen molar-refractivity contribution in [2.75, 3.05) is 7.05 Å². The first kappa shape index (κ1) is 9.72. The number of hydrogen-bond acceptors (Lipinski definition) is 2. The summed E-state index contributed by atoms with van der Waals surface area (Å²) >= 11 is 0. The van der Waals surface area contributed by atoms with Gasteiger partial charge in [-0.05, 0) is 24.1 Å². The molecule has 0 radical (unpaired) electrons. The zero-order valence-corrected chi connectivity index (χ0v) is 8.60. The van der Waals surface area contributed by atoms with Crippen LogP contribution in [0.1, 0.15) is 30.0 Å². The van der Waals surface area contributed by atoms with E-state index in [1.165, 1.54) is 0 Å². The zero-order valence-electron chi connectivity index (χ0n) is 8.60. The van der Waals surface area contributed by atoms with Crippen LogP contribution in [0.5, 0.6) is 0 Å². The third kappa shape index (κ3) is 1.71. The molecule has 1 aromatic rings. The molecule has 1 unspecified atom stereocenters. The highest BCUT2D eigenvalue weighted by molar-refractivity contribution is 5.78. The van der Waals surface area contributed by atoms with Crippen molar-refractivity contribution in [2.45, 2.75) is 18.9 Å². The maximum absolute atomic E-state index is 11.4. The first-order valence-corrected chi connectivity index (χ1v) is 4.98. The molecule has 1 fully saturated rings. The van der Waals surface area contributed by atoms with Gasteiger partial charge in [0.2, 0.25) is 5.91 Å². The Labute approximate surface area is 88.9 Å². The van der Waals surface area contributed by atoms with E-state index in [1.807, 2.05) is 19.2 Å². The minimum atomic E-state index is 0.185. The number of benzene rings is 1. The lowest BCUT2D eigenvalue weighted by atomic mass is 10.0. The Morgan fingerprint density at radius 3 is 2.53 bits per heavy atom.